The van der Waals surface area contributed by atoms with Gasteiger partial charge in [0.15, 0.2) is 9.84 Å². The van der Waals surface area contributed by atoms with Gasteiger partial charge in [0.2, 0.25) is 0 Å². The van der Waals surface area contributed by atoms with E-state index in [2.05, 4.69) is 19.2 Å². The Hall–Kier alpha value is -1.40. The molecule has 0 radical (unpaired) electrons. The van der Waals surface area contributed by atoms with E-state index in [4.69, 9.17) is 5.73 Å². The monoisotopic (exact) mass is 312 g/mol. The zero-order valence-electron chi connectivity index (χ0n) is 12.8. The molecule has 1 atom stereocenters. The quantitative estimate of drug-likeness (QED) is 0.800. The fraction of sp³-hybridized carbons (Fsp3) is 0.533. The number of carbonyl (C=O) groups is 1. The highest BCUT2D eigenvalue weighted by Gasteiger charge is 2.16. The van der Waals surface area contributed by atoms with E-state index in [0.29, 0.717) is 18.0 Å². The second-order valence-electron chi connectivity index (χ2n) is 5.25. The lowest BCUT2D eigenvalue weighted by atomic mass is 9.95. The van der Waals surface area contributed by atoms with Crippen LogP contribution in [-0.2, 0) is 9.84 Å². The van der Waals surface area contributed by atoms with Gasteiger partial charge in [-0.2, -0.15) is 0 Å². The van der Waals surface area contributed by atoms with Gasteiger partial charge in [-0.05, 0) is 24.1 Å². The third-order valence-corrected chi connectivity index (χ3v) is 4.79. The van der Waals surface area contributed by atoms with Crippen LogP contribution in [0.5, 0.6) is 0 Å². The number of amides is 1. The molecule has 0 saturated carbocycles. The van der Waals surface area contributed by atoms with Gasteiger partial charge < -0.3 is 11.1 Å². The molecule has 6 heteroatoms. The van der Waals surface area contributed by atoms with Crippen molar-refractivity contribution in [1.82, 2.24) is 5.32 Å². The third-order valence-electron chi connectivity index (χ3n) is 3.68. The maximum Gasteiger partial charge on any atom is 0.251 e. The van der Waals surface area contributed by atoms with Gasteiger partial charge in [0, 0.05) is 24.4 Å². The van der Waals surface area contributed by atoms with Gasteiger partial charge in [0.25, 0.3) is 5.91 Å². The first-order valence-corrected chi connectivity index (χ1v) is 9.02. The minimum absolute atomic E-state index is 0.0953. The zero-order chi connectivity index (χ0) is 16.0. The lowest BCUT2D eigenvalue weighted by molar-refractivity contribution is 0.0947. The van der Waals surface area contributed by atoms with Crippen LogP contribution in [0.4, 0.5) is 0 Å². The molecule has 1 rings (SSSR count). The lowest BCUT2D eigenvalue weighted by Gasteiger charge is -2.21. The Kier molecular flexibility index (Phi) is 6.36. The SMILES string of the molecule is CCC(CC)C(N)CNC(=O)c1cccc(S(C)(=O)=O)c1. The Morgan fingerprint density at radius 1 is 1.29 bits per heavy atom. The summed E-state index contributed by atoms with van der Waals surface area (Å²) in [5.41, 5.74) is 6.38. The van der Waals surface area contributed by atoms with E-state index in [1.54, 1.807) is 12.1 Å². The molecule has 0 aliphatic carbocycles. The number of sulfone groups is 1. The molecule has 1 aromatic carbocycles. The second-order valence-corrected chi connectivity index (χ2v) is 7.27. The van der Waals surface area contributed by atoms with E-state index in [-0.39, 0.29) is 16.8 Å². The van der Waals surface area contributed by atoms with Gasteiger partial charge in [-0.1, -0.05) is 32.8 Å². The van der Waals surface area contributed by atoms with Crippen molar-refractivity contribution in [2.45, 2.75) is 37.6 Å². The van der Waals surface area contributed by atoms with Crippen molar-refractivity contribution in [3.63, 3.8) is 0 Å². The molecule has 1 aromatic rings. The van der Waals surface area contributed by atoms with E-state index < -0.39 is 9.84 Å². The van der Waals surface area contributed by atoms with Gasteiger partial charge in [-0.3, -0.25) is 4.79 Å². The molecule has 0 bridgehead atoms. The molecule has 1 unspecified atom stereocenters. The normalized spacial score (nSPS) is 13.2. The smallest absolute Gasteiger partial charge is 0.251 e. The fourth-order valence-corrected chi connectivity index (χ4v) is 2.91. The fourth-order valence-electron chi connectivity index (χ4n) is 2.24. The van der Waals surface area contributed by atoms with Gasteiger partial charge in [-0.25, -0.2) is 8.42 Å². The van der Waals surface area contributed by atoms with Crippen molar-refractivity contribution in [3.05, 3.63) is 29.8 Å². The molecule has 118 valence electrons. The molecular weight excluding hydrogens is 288 g/mol. The summed E-state index contributed by atoms with van der Waals surface area (Å²) in [6, 6.07) is 5.91. The molecule has 0 saturated heterocycles. The molecule has 0 heterocycles. The number of benzene rings is 1. The largest absolute Gasteiger partial charge is 0.350 e. The number of hydrogen-bond donors (Lipinski definition) is 2. The maximum atomic E-state index is 12.1. The Balaban J connectivity index is 2.73. The van der Waals surface area contributed by atoms with Crippen molar-refractivity contribution in [2.75, 3.05) is 12.8 Å². The summed E-state index contributed by atoms with van der Waals surface area (Å²) in [5, 5.41) is 2.77. The number of carbonyl (C=O) groups excluding carboxylic acids is 1. The van der Waals surface area contributed by atoms with Crippen molar-refractivity contribution in [1.29, 1.82) is 0 Å². The van der Waals surface area contributed by atoms with Gasteiger partial charge >= 0.3 is 0 Å². The van der Waals surface area contributed by atoms with Crippen LogP contribution in [0.2, 0.25) is 0 Å². The molecular formula is C15H24N2O3S. The number of nitrogens with one attached hydrogen (secondary N) is 1. The highest BCUT2D eigenvalue weighted by molar-refractivity contribution is 7.90. The zero-order valence-corrected chi connectivity index (χ0v) is 13.6. The summed E-state index contributed by atoms with van der Waals surface area (Å²) in [6.45, 7) is 4.53. The topological polar surface area (TPSA) is 89.3 Å². The minimum atomic E-state index is -3.32. The number of nitrogens with two attached hydrogens (primary N) is 1. The van der Waals surface area contributed by atoms with E-state index in [0.717, 1.165) is 19.1 Å². The molecule has 3 N–H and O–H groups in total. The molecule has 0 fully saturated rings. The highest BCUT2D eigenvalue weighted by atomic mass is 32.2. The van der Waals surface area contributed by atoms with Crippen LogP contribution in [0.25, 0.3) is 0 Å². The van der Waals surface area contributed by atoms with Crippen LogP contribution >= 0.6 is 0 Å². The predicted octanol–water partition coefficient (Wildman–Crippen LogP) is 1.58. The van der Waals surface area contributed by atoms with Crippen LogP contribution in [0.15, 0.2) is 29.2 Å². The molecule has 0 aliphatic rings. The molecule has 21 heavy (non-hydrogen) atoms. The Morgan fingerprint density at radius 2 is 1.90 bits per heavy atom. The molecule has 1 amide bonds. The average molecular weight is 312 g/mol. The van der Waals surface area contributed by atoms with Gasteiger partial charge in [0.05, 0.1) is 4.90 Å². The van der Waals surface area contributed by atoms with Crippen molar-refractivity contribution in [3.8, 4) is 0 Å². The van der Waals surface area contributed by atoms with Crippen LogP contribution in [-0.4, -0.2) is 33.2 Å². The first-order valence-electron chi connectivity index (χ1n) is 7.13. The third kappa shape index (κ3) is 5.13. The van der Waals surface area contributed by atoms with Crippen molar-refractivity contribution < 1.29 is 13.2 Å². The first kappa shape index (κ1) is 17.7. The maximum absolute atomic E-state index is 12.1. The van der Waals surface area contributed by atoms with E-state index in [9.17, 15) is 13.2 Å². The van der Waals surface area contributed by atoms with Gasteiger partial charge in [0.1, 0.15) is 0 Å². The Morgan fingerprint density at radius 3 is 2.43 bits per heavy atom. The lowest BCUT2D eigenvalue weighted by Crippen LogP contribution is -2.41. The summed E-state index contributed by atoms with van der Waals surface area (Å²) in [6.07, 6.45) is 3.06. The van der Waals surface area contributed by atoms with Crippen LogP contribution in [0.3, 0.4) is 0 Å². The Labute approximate surface area is 126 Å². The Bertz CT molecular complexity index is 580. The summed E-state index contributed by atoms with van der Waals surface area (Å²) < 4.78 is 23.0. The summed E-state index contributed by atoms with van der Waals surface area (Å²) in [4.78, 5) is 12.2. The van der Waals surface area contributed by atoms with Crippen LogP contribution in [0, 0.1) is 5.92 Å². The standard InChI is InChI=1S/C15H24N2O3S/c1-4-11(5-2)14(16)10-17-15(18)12-7-6-8-13(9-12)21(3,19)20/h6-9,11,14H,4-5,10,16H2,1-3H3,(H,17,18). The van der Waals surface area contributed by atoms with E-state index in [1.165, 1.54) is 12.1 Å². The van der Waals surface area contributed by atoms with Gasteiger partial charge in [-0.15, -0.1) is 0 Å². The molecule has 5 nitrogen and oxygen atoms in total. The van der Waals surface area contributed by atoms with Crippen molar-refractivity contribution in [2.24, 2.45) is 11.7 Å². The van der Waals surface area contributed by atoms with Crippen LogP contribution in [0.1, 0.15) is 37.0 Å². The molecule has 0 spiro atoms. The average Bonchev–Trinajstić information content (AvgIpc) is 2.45. The number of rotatable bonds is 7. The first-order chi connectivity index (χ1) is 9.79. The predicted molar refractivity (Wildman–Crippen MR) is 83.9 cm³/mol. The summed E-state index contributed by atoms with van der Waals surface area (Å²) in [7, 11) is -3.32. The summed E-state index contributed by atoms with van der Waals surface area (Å²) in [5.74, 6) is 0.0644. The second kappa shape index (κ2) is 7.56. The number of hydrogen-bond acceptors (Lipinski definition) is 4. The molecule has 0 aromatic heterocycles. The molecule has 0 aliphatic heterocycles. The highest BCUT2D eigenvalue weighted by Crippen LogP contribution is 2.12. The van der Waals surface area contributed by atoms with E-state index >= 15 is 0 Å². The summed E-state index contributed by atoms with van der Waals surface area (Å²) >= 11 is 0. The van der Waals surface area contributed by atoms with Crippen LogP contribution < -0.4 is 11.1 Å². The van der Waals surface area contributed by atoms with E-state index in [1.807, 2.05) is 0 Å². The minimum Gasteiger partial charge on any atom is -0.350 e. The van der Waals surface area contributed by atoms with Crippen molar-refractivity contribution >= 4 is 15.7 Å².